The third kappa shape index (κ3) is 3.77. The van der Waals surface area contributed by atoms with Crippen molar-refractivity contribution in [2.24, 2.45) is 0 Å². The molecule has 0 amide bonds. The smallest absolute Gasteiger partial charge is 0.0700 e. The van der Waals surface area contributed by atoms with E-state index in [1.807, 2.05) is 18.2 Å². The van der Waals surface area contributed by atoms with Gasteiger partial charge in [0, 0.05) is 52.4 Å². The van der Waals surface area contributed by atoms with Crippen LogP contribution in [0.4, 0.5) is 0 Å². The molecule has 0 aliphatic carbocycles. The van der Waals surface area contributed by atoms with Crippen LogP contribution in [0.25, 0.3) is 10.9 Å². The fourth-order valence-corrected chi connectivity index (χ4v) is 4.14. The van der Waals surface area contributed by atoms with Crippen molar-refractivity contribution in [3.63, 3.8) is 0 Å². The van der Waals surface area contributed by atoms with E-state index in [1.54, 1.807) is 0 Å². The summed E-state index contributed by atoms with van der Waals surface area (Å²) in [5.74, 6) is 0. The van der Waals surface area contributed by atoms with Crippen LogP contribution >= 0.6 is 23.2 Å². The highest BCUT2D eigenvalue weighted by atomic mass is 35.5. The predicted molar refractivity (Wildman–Crippen MR) is 108 cm³/mol. The molecule has 1 N–H and O–H groups in total. The Labute approximate surface area is 163 Å². The Morgan fingerprint density at radius 1 is 1.08 bits per heavy atom. The molecule has 3 nitrogen and oxygen atoms in total. The molecule has 0 bridgehead atoms. The van der Waals surface area contributed by atoms with Gasteiger partial charge in [0.1, 0.15) is 0 Å². The van der Waals surface area contributed by atoms with Gasteiger partial charge >= 0.3 is 0 Å². The third-order valence-corrected chi connectivity index (χ3v) is 5.68. The number of halogens is 2. The molecule has 1 aromatic heterocycles. The first-order valence-electron chi connectivity index (χ1n) is 9.04. The number of benzene rings is 2. The van der Waals surface area contributed by atoms with Crippen LogP contribution < -0.4 is 5.32 Å². The van der Waals surface area contributed by atoms with Crippen LogP contribution in [0.3, 0.4) is 0 Å². The number of aromatic nitrogens is 1. The van der Waals surface area contributed by atoms with Crippen molar-refractivity contribution < 1.29 is 4.74 Å². The number of nitrogens with zero attached hydrogens (tertiary/aromatic N) is 1. The molecular weight excluding hydrogens is 367 g/mol. The SMILES string of the molecule is Clc1cccc(Cl)c1Cn1cc(CNC[C@@H]2CCCO2)c2ccccc21. The summed E-state index contributed by atoms with van der Waals surface area (Å²) in [6.45, 7) is 3.27. The van der Waals surface area contributed by atoms with Gasteiger partial charge in [-0.2, -0.15) is 0 Å². The molecule has 1 aliphatic heterocycles. The maximum atomic E-state index is 6.37. The fourth-order valence-electron chi connectivity index (χ4n) is 3.62. The van der Waals surface area contributed by atoms with E-state index < -0.39 is 0 Å². The molecule has 0 unspecified atom stereocenters. The van der Waals surface area contributed by atoms with E-state index in [9.17, 15) is 0 Å². The number of hydrogen-bond acceptors (Lipinski definition) is 2. The average molecular weight is 389 g/mol. The van der Waals surface area contributed by atoms with Crippen molar-refractivity contribution in [2.45, 2.75) is 32.0 Å². The van der Waals surface area contributed by atoms with Gasteiger partial charge in [-0.25, -0.2) is 0 Å². The van der Waals surface area contributed by atoms with Crippen LogP contribution in [0.2, 0.25) is 10.0 Å². The van der Waals surface area contributed by atoms with Crippen molar-refractivity contribution in [3.8, 4) is 0 Å². The zero-order valence-electron chi connectivity index (χ0n) is 14.6. The molecule has 5 heteroatoms. The standard InChI is InChI=1S/C21H22Cl2N2O/c22-19-7-3-8-20(23)18(19)14-25-13-15(17-6-1-2-9-21(17)25)11-24-12-16-5-4-10-26-16/h1-3,6-9,13,16,24H,4-5,10-12,14H2/t16-/m0/s1. The van der Waals surface area contributed by atoms with E-state index in [4.69, 9.17) is 27.9 Å². The highest BCUT2D eigenvalue weighted by Gasteiger charge is 2.16. The number of fused-ring (bicyclic) bond motifs is 1. The summed E-state index contributed by atoms with van der Waals surface area (Å²) in [5.41, 5.74) is 3.43. The minimum Gasteiger partial charge on any atom is -0.377 e. The second kappa shape index (κ2) is 8.01. The Hall–Kier alpha value is -1.52. The van der Waals surface area contributed by atoms with Gasteiger partial charge < -0.3 is 14.6 Å². The molecule has 1 saturated heterocycles. The van der Waals surface area contributed by atoms with Crippen LogP contribution in [0.1, 0.15) is 24.0 Å². The molecule has 1 aliphatic rings. The topological polar surface area (TPSA) is 26.2 Å². The van der Waals surface area contributed by atoms with Crippen molar-refractivity contribution in [3.05, 3.63) is 69.8 Å². The minimum atomic E-state index is 0.352. The number of para-hydroxylation sites is 1. The van der Waals surface area contributed by atoms with Crippen LogP contribution in [0, 0.1) is 0 Å². The lowest BCUT2D eigenvalue weighted by Crippen LogP contribution is -2.25. The average Bonchev–Trinajstić information content (AvgIpc) is 3.27. The van der Waals surface area contributed by atoms with E-state index in [0.717, 1.165) is 31.7 Å². The van der Waals surface area contributed by atoms with Gasteiger partial charge in [0.05, 0.1) is 12.6 Å². The van der Waals surface area contributed by atoms with Crippen LogP contribution in [0.5, 0.6) is 0 Å². The summed E-state index contributed by atoms with van der Waals surface area (Å²) < 4.78 is 7.92. The van der Waals surface area contributed by atoms with Gasteiger partial charge in [0.25, 0.3) is 0 Å². The van der Waals surface area contributed by atoms with Gasteiger partial charge in [0.15, 0.2) is 0 Å². The number of hydrogen-bond donors (Lipinski definition) is 1. The molecule has 2 heterocycles. The molecule has 2 aromatic carbocycles. The molecule has 0 spiro atoms. The molecule has 0 radical (unpaired) electrons. The molecule has 4 rings (SSSR count). The van der Waals surface area contributed by atoms with Gasteiger partial charge in [-0.15, -0.1) is 0 Å². The molecule has 26 heavy (non-hydrogen) atoms. The molecule has 1 fully saturated rings. The molecule has 1 atom stereocenters. The Bertz CT molecular complexity index is 880. The maximum Gasteiger partial charge on any atom is 0.0700 e. The van der Waals surface area contributed by atoms with E-state index in [0.29, 0.717) is 22.7 Å². The first-order valence-corrected chi connectivity index (χ1v) is 9.80. The second-order valence-electron chi connectivity index (χ2n) is 6.77. The van der Waals surface area contributed by atoms with Crippen molar-refractivity contribution in [2.75, 3.05) is 13.2 Å². The quantitative estimate of drug-likeness (QED) is 0.622. The molecule has 136 valence electrons. The lowest BCUT2D eigenvalue weighted by Gasteiger charge is -2.10. The summed E-state index contributed by atoms with van der Waals surface area (Å²) >= 11 is 12.7. The monoisotopic (exact) mass is 388 g/mol. The van der Waals surface area contributed by atoms with Gasteiger partial charge in [-0.3, -0.25) is 0 Å². The normalized spacial score (nSPS) is 17.2. The first kappa shape index (κ1) is 17.9. The van der Waals surface area contributed by atoms with Crippen molar-refractivity contribution in [1.82, 2.24) is 9.88 Å². The zero-order valence-corrected chi connectivity index (χ0v) is 16.1. The Morgan fingerprint density at radius 2 is 1.88 bits per heavy atom. The largest absolute Gasteiger partial charge is 0.377 e. The second-order valence-corrected chi connectivity index (χ2v) is 7.58. The van der Waals surface area contributed by atoms with Crippen LogP contribution in [0.15, 0.2) is 48.7 Å². The minimum absolute atomic E-state index is 0.352. The lowest BCUT2D eigenvalue weighted by atomic mass is 10.1. The fraction of sp³-hybridized carbons (Fsp3) is 0.333. The van der Waals surface area contributed by atoms with E-state index in [1.165, 1.54) is 22.9 Å². The molecular formula is C21H22Cl2N2O. The van der Waals surface area contributed by atoms with E-state index in [-0.39, 0.29) is 0 Å². The molecule has 3 aromatic rings. The maximum absolute atomic E-state index is 6.37. The first-order chi connectivity index (χ1) is 12.7. The Balaban J connectivity index is 1.57. The van der Waals surface area contributed by atoms with Gasteiger partial charge in [-0.1, -0.05) is 47.5 Å². The summed E-state index contributed by atoms with van der Waals surface area (Å²) in [4.78, 5) is 0. The van der Waals surface area contributed by atoms with Crippen LogP contribution in [-0.2, 0) is 17.8 Å². The summed E-state index contributed by atoms with van der Waals surface area (Å²) in [6.07, 6.45) is 4.88. The summed E-state index contributed by atoms with van der Waals surface area (Å²) in [6, 6.07) is 14.1. The summed E-state index contributed by atoms with van der Waals surface area (Å²) in [7, 11) is 0. The van der Waals surface area contributed by atoms with Crippen LogP contribution in [-0.4, -0.2) is 23.8 Å². The van der Waals surface area contributed by atoms with Crippen molar-refractivity contribution >= 4 is 34.1 Å². The van der Waals surface area contributed by atoms with Crippen molar-refractivity contribution in [1.29, 1.82) is 0 Å². The Morgan fingerprint density at radius 3 is 2.65 bits per heavy atom. The number of rotatable bonds is 6. The van der Waals surface area contributed by atoms with E-state index >= 15 is 0 Å². The molecule has 0 saturated carbocycles. The van der Waals surface area contributed by atoms with E-state index in [2.05, 4.69) is 40.3 Å². The summed E-state index contributed by atoms with van der Waals surface area (Å²) in [5, 5.41) is 6.21. The zero-order chi connectivity index (χ0) is 17.9. The van der Waals surface area contributed by atoms with Gasteiger partial charge in [0.2, 0.25) is 0 Å². The highest BCUT2D eigenvalue weighted by Crippen LogP contribution is 2.28. The Kier molecular flexibility index (Phi) is 5.51. The number of nitrogens with one attached hydrogen (secondary N) is 1. The third-order valence-electron chi connectivity index (χ3n) is 4.97. The van der Waals surface area contributed by atoms with Gasteiger partial charge in [-0.05, 0) is 36.6 Å². The highest BCUT2D eigenvalue weighted by molar-refractivity contribution is 6.36. The number of ether oxygens (including phenoxy) is 1. The lowest BCUT2D eigenvalue weighted by molar-refractivity contribution is 0.110. The predicted octanol–water partition coefficient (Wildman–Crippen LogP) is 5.27.